The number of halogens is 1. The molecule has 0 saturated heterocycles. The summed E-state index contributed by atoms with van der Waals surface area (Å²) in [7, 11) is 3.13. The van der Waals surface area contributed by atoms with Gasteiger partial charge < -0.3 is 18.6 Å². The van der Waals surface area contributed by atoms with Crippen molar-refractivity contribution in [1.82, 2.24) is 0 Å². The topological polar surface area (TPSA) is 57.9 Å². The van der Waals surface area contributed by atoms with Crippen molar-refractivity contribution in [3.05, 3.63) is 86.5 Å². The Labute approximate surface area is 191 Å². The Morgan fingerprint density at radius 2 is 1.62 bits per heavy atom. The minimum Gasteiger partial charge on any atom is -0.493 e. The Morgan fingerprint density at radius 1 is 0.906 bits per heavy atom. The molecule has 3 aromatic carbocycles. The molecule has 4 aromatic rings. The van der Waals surface area contributed by atoms with Gasteiger partial charge in [0, 0.05) is 10.6 Å². The van der Waals surface area contributed by atoms with E-state index in [0.29, 0.717) is 38.8 Å². The van der Waals surface area contributed by atoms with E-state index in [-0.39, 0.29) is 17.8 Å². The average molecular weight is 451 g/mol. The van der Waals surface area contributed by atoms with Crippen LogP contribution in [0, 0.1) is 13.8 Å². The van der Waals surface area contributed by atoms with Gasteiger partial charge in [-0.1, -0.05) is 29.8 Å². The number of hydrogen-bond acceptors (Lipinski definition) is 5. The lowest BCUT2D eigenvalue weighted by atomic mass is 10.0. The van der Waals surface area contributed by atoms with Crippen LogP contribution in [0.2, 0.25) is 5.02 Å². The van der Waals surface area contributed by atoms with Gasteiger partial charge in [0.25, 0.3) is 0 Å². The first kappa shape index (κ1) is 21.8. The molecule has 0 N–H and O–H groups in total. The van der Waals surface area contributed by atoms with Crippen LogP contribution in [0.25, 0.3) is 22.3 Å². The molecule has 0 spiro atoms. The number of methoxy groups -OCH3 is 2. The van der Waals surface area contributed by atoms with E-state index < -0.39 is 0 Å². The van der Waals surface area contributed by atoms with Crippen molar-refractivity contribution in [1.29, 1.82) is 0 Å². The Morgan fingerprint density at radius 3 is 2.31 bits per heavy atom. The standard InChI is InChI=1S/C26H23ClO5/c1-15-11-16(2)24-20(12-15)23(28)26(31-14-17-5-8-19(27)9-6-17)25(32-24)18-7-10-21(29-3)22(13-18)30-4/h5-13H,14H2,1-4H3. The van der Waals surface area contributed by atoms with E-state index in [0.717, 1.165) is 16.7 Å². The summed E-state index contributed by atoms with van der Waals surface area (Å²) in [6, 6.07) is 16.4. The smallest absolute Gasteiger partial charge is 0.235 e. The van der Waals surface area contributed by atoms with Crippen molar-refractivity contribution in [3.8, 4) is 28.6 Å². The third-order valence-corrected chi connectivity index (χ3v) is 5.47. The van der Waals surface area contributed by atoms with Crippen molar-refractivity contribution in [2.75, 3.05) is 14.2 Å². The van der Waals surface area contributed by atoms with E-state index in [4.69, 9.17) is 30.2 Å². The van der Waals surface area contributed by atoms with Gasteiger partial charge in [0.1, 0.15) is 12.2 Å². The quantitative estimate of drug-likeness (QED) is 0.343. The Kier molecular flexibility index (Phi) is 6.10. The molecule has 0 aliphatic heterocycles. The van der Waals surface area contributed by atoms with Crippen molar-refractivity contribution in [2.45, 2.75) is 20.5 Å². The van der Waals surface area contributed by atoms with Crippen LogP contribution >= 0.6 is 11.6 Å². The summed E-state index contributed by atoms with van der Waals surface area (Å²) in [5.41, 5.74) is 3.69. The van der Waals surface area contributed by atoms with Crippen molar-refractivity contribution >= 4 is 22.6 Å². The van der Waals surface area contributed by atoms with Gasteiger partial charge in [-0.15, -0.1) is 0 Å². The van der Waals surface area contributed by atoms with E-state index in [1.54, 1.807) is 38.5 Å². The molecule has 0 fully saturated rings. The molecule has 164 valence electrons. The highest BCUT2D eigenvalue weighted by Gasteiger charge is 2.20. The maximum Gasteiger partial charge on any atom is 0.235 e. The summed E-state index contributed by atoms with van der Waals surface area (Å²) >= 11 is 5.98. The molecule has 1 aromatic heterocycles. The number of hydrogen-bond donors (Lipinski definition) is 0. The first-order valence-corrected chi connectivity index (χ1v) is 10.5. The largest absolute Gasteiger partial charge is 0.493 e. The molecule has 0 bridgehead atoms. The highest BCUT2D eigenvalue weighted by molar-refractivity contribution is 6.30. The molecule has 0 aliphatic rings. The van der Waals surface area contributed by atoms with Crippen molar-refractivity contribution in [3.63, 3.8) is 0 Å². The number of aryl methyl sites for hydroxylation is 2. The number of fused-ring (bicyclic) bond motifs is 1. The van der Waals surface area contributed by atoms with Crippen LogP contribution in [0.15, 0.2) is 63.8 Å². The van der Waals surface area contributed by atoms with Gasteiger partial charge in [0.2, 0.25) is 11.2 Å². The normalized spacial score (nSPS) is 10.9. The third-order valence-electron chi connectivity index (χ3n) is 5.22. The van der Waals surface area contributed by atoms with Crippen LogP contribution in [0.5, 0.6) is 17.2 Å². The first-order chi connectivity index (χ1) is 15.4. The minimum atomic E-state index is -0.225. The zero-order valence-corrected chi connectivity index (χ0v) is 19.1. The van der Waals surface area contributed by atoms with E-state index in [9.17, 15) is 4.79 Å². The highest BCUT2D eigenvalue weighted by atomic mass is 35.5. The molecular weight excluding hydrogens is 428 g/mol. The summed E-state index contributed by atoms with van der Waals surface area (Å²) in [5, 5.41) is 1.12. The van der Waals surface area contributed by atoms with Crippen LogP contribution in [-0.2, 0) is 6.61 Å². The fourth-order valence-electron chi connectivity index (χ4n) is 3.67. The molecule has 0 radical (unpaired) electrons. The van der Waals surface area contributed by atoms with Crippen molar-refractivity contribution in [2.24, 2.45) is 0 Å². The summed E-state index contributed by atoms with van der Waals surface area (Å²) in [6.45, 7) is 4.06. The molecule has 0 unspecified atom stereocenters. The van der Waals surface area contributed by atoms with E-state index in [2.05, 4.69) is 0 Å². The van der Waals surface area contributed by atoms with Gasteiger partial charge in [0.15, 0.2) is 17.3 Å². The van der Waals surface area contributed by atoms with Gasteiger partial charge in [-0.05, 0) is 66.9 Å². The van der Waals surface area contributed by atoms with Crippen LogP contribution in [-0.4, -0.2) is 14.2 Å². The lowest BCUT2D eigenvalue weighted by Crippen LogP contribution is -2.11. The van der Waals surface area contributed by atoms with Gasteiger partial charge >= 0.3 is 0 Å². The predicted molar refractivity (Wildman–Crippen MR) is 126 cm³/mol. The molecule has 4 rings (SSSR count). The summed E-state index contributed by atoms with van der Waals surface area (Å²) < 4.78 is 23.1. The molecule has 1 heterocycles. The summed E-state index contributed by atoms with van der Waals surface area (Å²) in [5.74, 6) is 1.58. The van der Waals surface area contributed by atoms with Crippen LogP contribution in [0.3, 0.4) is 0 Å². The molecule has 0 atom stereocenters. The second-order valence-electron chi connectivity index (χ2n) is 7.53. The number of ether oxygens (including phenoxy) is 3. The van der Waals surface area contributed by atoms with Gasteiger partial charge in [-0.2, -0.15) is 0 Å². The molecule has 32 heavy (non-hydrogen) atoms. The molecule has 0 saturated carbocycles. The fourth-order valence-corrected chi connectivity index (χ4v) is 3.79. The van der Waals surface area contributed by atoms with E-state index in [1.807, 2.05) is 44.2 Å². The maximum atomic E-state index is 13.5. The lowest BCUT2D eigenvalue weighted by Gasteiger charge is -2.15. The Balaban J connectivity index is 1.90. The molecule has 5 nitrogen and oxygen atoms in total. The summed E-state index contributed by atoms with van der Waals surface area (Å²) in [6.07, 6.45) is 0. The zero-order valence-electron chi connectivity index (χ0n) is 18.3. The van der Waals surface area contributed by atoms with E-state index >= 15 is 0 Å². The Hall–Kier alpha value is -3.44. The van der Waals surface area contributed by atoms with Crippen LogP contribution in [0.4, 0.5) is 0 Å². The van der Waals surface area contributed by atoms with Gasteiger partial charge in [-0.25, -0.2) is 0 Å². The van der Waals surface area contributed by atoms with Gasteiger partial charge in [-0.3, -0.25) is 4.79 Å². The second kappa shape index (κ2) is 8.97. The summed E-state index contributed by atoms with van der Waals surface area (Å²) in [4.78, 5) is 13.5. The monoisotopic (exact) mass is 450 g/mol. The lowest BCUT2D eigenvalue weighted by molar-refractivity contribution is 0.297. The molecular formula is C26H23ClO5. The average Bonchev–Trinajstić information content (AvgIpc) is 2.79. The number of benzene rings is 3. The van der Waals surface area contributed by atoms with Crippen LogP contribution in [0.1, 0.15) is 16.7 Å². The minimum absolute atomic E-state index is 0.143. The van der Waals surface area contributed by atoms with E-state index in [1.165, 1.54) is 0 Å². The third kappa shape index (κ3) is 4.16. The predicted octanol–water partition coefficient (Wildman–Crippen LogP) is 6.33. The number of rotatable bonds is 6. The Bertz CT molecular complexity index is 1340. The molecule has 6 heteroatoms. The SMILES string of the molecule is COc1ccc(-c2oc3c(C)cc(C)cc3c(=O)c2OCc2ccc(Cl)cc2)cc1OC. The molecule has 0 aliphatic carbocycles. The fraction of sp³-hybridized carbons (Fsp3) is 0.192. The van der Waals surface area contributed by atoms with Gasteiger partial charge in [0.05, 0.1) is 19.6 Å². The first-order valence-electron chi connectivity index (χ1n) is 10.1. The van der Waals surface area contributed by atoms with Crippen LogP contribution < -0.4 is 19.6 Å². The highest BCUT2D eigenvalue weighted by Crippen LogP contribution is 2.37. The zero-order chi connectivity index (χ0) is 22.8. The molecule has 0 amide bonds. The second-order valence-corrected chi connectivity index (χ2v) is 7.97. The van der Waals surface area contributed by atoms with Crippen molar-refractivity contribution < 1.29 is 18.6 Å². The maximum absolute atomic E-state index is 13.5.